The molecule has 1 aromatic heterocycles. The molecule has 1 aliphatic carbocycles. The van der Waals surface area contributed by atoms with E-state index >= 15 is 0 Å². The van der Waals surface area contributed by atoms with Crippen LogP contribution in [0.4, 0.5) is 13.2 Å². The molecule has 0 atom stereocenters. The third kappa shape index (κ3) is 2.32. The number of carbonyl (C=O) groups is 1. The van der Waals surface area contributed by atoms with Crippen molar-refractivity contribution >= 4 is 6.29 Å². The molecule has 3 nitrogen and oxygen atoms in total. The summed E-state index contributed by atoms with van der Waals surface area (Å²) in [5.41, 5.74) is -1.20. The minimum atomic E-state index is -4.55. The fourth-order valence-electron chi connectivity index (χ4n) is 1.17. The Hall–Kier alpha value is -1.59. The molecule has 1 saturated carbocycles. The lowest BCUT2D eigenvalue weighted by molar-refractivity contribution is -0.141. The van der Waals surface area contributed by atoms with Crippen molar-refractivity contribution in [2.45, 2.75) is 25.1 Å². The summed E-state index contributed by atoms with van der Waals surface area (Å²) in [5.74, 6) is 0.116. The first-order chi connectivity index (χ1) is 7.50. The molecule has 0 saturated heterocycles. The molecule has 86 valence electrons. The fraction of sp³-hybridized carbons (Fsp3) is 0.400. The third-order valence-electron chi connectivity index (χ3n) is 2.13. The zero-order valence-corrected chi connectivity index (χ0v) is 8.12. The molecule has 0 spiro atoms. The number of alkyl halides is 3. The first kappa shape index (κ1) is 10.9. The highest BCUT2D eigenvalue weighted by atomic mass is 19.4. The number of ether oxygens (including phenoxy) is 1. The molecule has 1 aromatic rings. The van der Waals surface area contributed by atoms with E-state index in [1.165, 1.54) is 0 Å². The Morgan fingerprint density at radius 3 is 2.62 bits per heavy atom. The van der Waals surface area contributed by atoms with Gasteiger partial charge in [0.15, 0.2) is 6.29 Å². The molecule has 6 heteroatoms. The largest absolute Gasteiger partial charge is 0.488 e. The lowest BCUT2D eigenvalue weighted by Gasteiger charge is -2.10. The van der Waals surface area contributed by atoms with E-state index in [0.717, 1.165) is 19.0 Å². The number of hydrogen-bond donors (Lipinski definition) is 0. The number of pyridine rings is 1. The Morgan fingerprint density at radius 2 is 2.12 bits per heavy atom. The van der Waals surface area contributed by atoms with E-state index in [1.807, 2.05) is 0 Å². The summed E-state index contributed by atoms with van der Waals surface area (Å²) in [6, 6.07) is 0.699. The second-order valence-corrected chi connectivity index (χ2v) is 3.54. The number of nitrogens with zero attached hydrogens (tertiary/aromatic N) is 1. The summed E-state index contributed by atoms with van der Waals surface area (Å²) in [7, 11) is 0. The van der Waals surface area contributed by atoms with Crippen molar-refractivity contribution in [3.05, 3.63) is 23.5 Å². The van der Waals surface area contributed by atoms with E-state index in [2.05, 4.69) is 4.98 Å². The molecule has 16 heavy (non-hydrogen) atoms. The van der Waals surface area contributed by atoms with E-state index in [4.69, 9.17) is 4.74 Å². The summed E-state index contributed by atoms with van der Waals surface area (Å²) < 4.78 is 42.1. The van der Waals surface area contributed by atoms with Crippen LogP contribution in [0.2, 0.25) is 0 Å². The molecule has 1 heterocycles. The maximum Gasteiger partial charge on any atom is 0.433 e. The Bertz CT molecular complexity index is 413. The van der Waals surface area contributed by atoms with Gasteiger partial charge in [0.05, 0.1) is 17.9 Å². The van der Waals surface area contributed by atoms with Crippen LogP contribution >= 0.6 is 0 Å². The van der Waals surface area contributed by atoms with E-state index in [9.17, 15) is 18.0 Å². The van der Waals surface area contributed by atoms with Crippen LogP contribution in [0.15, 0.2) is 12.3 Å². The van der Waals surface area contributed by atoms with Crippen molar-refractivity contribution in [3.8, 4) is 5.75 Å². The van der Waals surface area contributed by atoms with Gasteiger partial charge in [0.1, 0.15) is 11.4 Å². The molecular weight excluding hydrogens is 223 g/mol. The highest BCUT2D eigenvalue weighted by Gasteiger charge is 2.33. The molecule has 1 aliphatic rings. The summed E-state index contributed by atoms with van der Waals surface area (Å²) in [6.45, 7) is 0. The minimum Gasteiger partial charge on any atom is -0.488 e. The van der Waals surface area contributed by atoms with Gasteiger partial charge in [-0.2, -0.15) is 13.2 Å². The quantitative estimate of drug-likeness (QED) is 0.750. The van der Waals surface area contributed by atoms with Gasteiger partial charge in [-0.05, 0) is 18.9 Å². The van der Waals surface area contributed by atoms with Crippen molar-refractivity contribution in [3.63, 3.8) is 0 Å². The molecule has 0 aromatic carbocycles. The SMILES string of the molecule is O=Cc1cc(C(F)(F)F)ncc1OC1CC1. The molecule has 2 rings (SSSR count). The number of rotatable bonds is 3. The third-order valence-corrected chi connectivity index (χ3v) is 2.13. The second-order valence-electron chi connectivity index (χ2n) is 3.54. The van der Waals surface area contributed by atoms with Gasteiger partial charge < -0.3 is 4.74 Å². The van der Waals surface area contributed by atoms with Gasteiger partial charge >= 0.3 is 6.18 Å². The molecule has 0 radical (unpaired) electrons. The summed E-state index contributed by atoms with van der Waals surface area (Å²) in [5, 5.41) is 0. The summed E-state index contributed by atoms with van der Waals surface area (Å²) in [4.78, 5) is 13.9. The Balaban J connectivity index is 2.30. The van der Waals surface area contributed by atoms with Crippen molar-refractivity contribution in [2.24, 2.45) is 0 Å². The van der Waals surface area contributed by atoms with Crippen molar-refractivity contribution in [1.82, 2.24) is 4.98 Å². The van der Waals surface area contributed by atoms with Crippen LogP contribution in [0.3, 0.4) is 0 Å². The molecule has 0 bridgehead atoms. The Labute approximate surface area is 89.2 Å². The van der Waals surface area contributed by atoms with Crippen LogP contribution in [0.1, 0.15) is 28.9 Å². The molecule has 0 N–H and O–H groups in total. The predicted octanol–water partition coefficient (Wildman–Crippen LogP) is 2.45. The standard InChI is InChI=1S/C10H8F3NO2/c11-10(12,13)9-3-6(5-15)8(4-14-9)16-7-1-2-7/h3-5,7H,1-2H2. The molecule has 0 unspecified atom stereocenters. The van der Waals surface area contributed by atoms with Gasteiger partial charge in [-0.25, -0.2) is 4.98 Å². The number of hydrogen-bond acceptors (Lipinski definition) is 3. The van der Waals surface area contributed by atoms with Crippen molar-refractivity contribution < 1.29 is 22.7 Å². The van der Waals surface area contributed by atoms with Crippen LogP contribution < -0.4 is 4.74 Å². The van der Waals surface area contributed by atoms with Gasteiger partial charge in [-0.1, -0.05) is 0 Å². The first-order valence-corrected chi connectivity index (χ1v) is 4.70. The number of carbonyl (C=O) groups excluding carboxylic acids is 1. The topological polar surface area (TPSA) is 39.2 Å². The zero-order chi connectivity index (χ0) is 11.8. The molecular formula is C10H8F3NO2. The van der Waals surface area contributed by atoms with Crippen LogP contribution in [-0.2, 0) is 6.18 Å². The first-order valence-electron chi connectivity index (χ1n) is 4.70. The van der Waals surface area contributed by atoms with Gasteiger partial charge in [-0.3, -0.25) is 4.79 Å². The van der Waals surface area contributed by atoms with Gasteiger partial charge in [0, 0.05) is 0 Å². The normalized spacial score (nSPS) is 15.9. The van der Waals surface area contributed by atoms with Crippen LogP contribution in [0.5, 0.6) is 5.75 Å². The molecule has 0 aliphatic heterocycles. The van der Waals surface area contributed by atoms with E-state index in [-0.39, 0.29) is 17.4 Å². The van der Waals surface area contributed by atoms with Gasteiger partial charge in [0.25, 0.3) is 0 Å². The van der Waals surface area contributed by atoms with Crippen LogP contribution in [0, 0.1) is 0 Å². The second kappa shape index (κ2) is 3.77. The van der Waals surface area contributed by atoms with Crippen molar-refractivity contribution in [1.29, 1.82) is 0 Å². The van der Waals surface area contributed by atoms with Gasteiger partial charge in [0.2, 0.25) is 0 Å². The van der Waals surface area contributed by atoms with E-state index in [1.54, 1.807) is 0 Å². The Kier molecular flexibility index (Phi) is 2.57. The average molecular weight is 231 g/mol. The van der Waals surface area contributed by atoms with Crippen LogP contribution in [0.25, 0.3) is 0 Å². The van der Waals surface area contributed by atoms with Crippen molar-refractivity contribution in [2.75, 3.05) is 0 Å². The number of halogens is 3. The van der Waals surface area contributed by atoms with E-state index < -0.39 is 11.9 Å². The smallest absolute Gasteiger partial charge is 0.433 e. The minimum absolute atomic E-state index is 0.0113. The Morgan fingerprint density at radius 1 is 1.44 bits per heavy atom. The lowest BCUT2D eigenvalue weighted by Crippen LogP contribution is -2.10. The molecule has 1 fully saturated rings. The van der Waals surface area contributed by atoms with Crippen LogP contribution in [-0.4, -0.2) is 17.4 Å². The van der Waals surface area contributed by atoms with E-state index in [0.29, 0.717) is 12.4 Å². The number of aldehydes is 1. The highest BCUT2D eigenvalue weighted by Crippen LogP contribution is 2.32. The highest BCUT2D eigenvalue weighted by molar-refractivity contribution is 5.79. The fourth-order valence-corrected chi connectivity index (χ4v) is 1.17. The average Bonchev–Trinajstić information content (AvgIpc) is 3.00. The maximum atomic E-state index is 12.3. The predicted molar refractivity (Wildman–Crippen MR) is 48.3 cm³/mol. The maximum absolute atomic E-state index is 12.3. The zero-order valence-electron chi connectivity index (χ0n) is 8.12. The summed E-state index contributed by atoms with van der Waals surface area (Å²) in [6.07, 6.45) is -1.52. The monoisotopic (exact) mass is 231 g/mol. The summed E-state index contributed by atoms with van der Waals surface area (Å²) >= 11 is 0. The number of aromatic nitrogens is 1. The van der Waals surface area contributed by atoms with Gasteiger partial charge in [-0.15, -0.1) is 0 Å². The molecule has 0 amide bonds. The lowest BCUT2D eigenvalue weighted by atomic mass is 10.2.